The Morgan fingerprint density at radius 1 is 1.12 bits per heavy atom. The minimum atomic E-state index is -0.250. The van der Waals surface area contributed by atoms with Crippen LogP contribution < -0.4 is 0 Å². The second kappa shape index (κ2) is 6.49. The zero-order valence-electron chi connectivity index (χ0n) is 15.4. The third kappa shape index (κ3) is 2.81. The number of ether oxygens (including phenoxy) is 1. The summed E-state index contributed by atoms with van der Waals surface area (Å²) in [5.41, 5.74) is 2.72. The van der Waals surface area contributed by atoms with Crippen LogP contribution in [-0.4, -0.2) is 17.1 Å². The minimum Gasteiger partial charge on any atom is -0.462 e. The van der Waals surface area contributed by atoms with Crippen molar-refractivity contribution in [2.75, 3.05) is 0 Å². The lowest BCUT2D eigenvalue weighted by Crippen LogP contribution is -2.39. The average molecular weight is 353 g/mol. The number of fused-ring (bicyclic) bond motifs is 1. The molecule has 1 aliphatic carbocycles. The van der Waals surface area contributed by atoms with Crippen molar-refractivity contribution in [2.24, 2.45) is 23.7 Å². The van der Waals surface area contributed by atoms with Crippen LogP contribution in [0.25, 0.3) is 11.1 Å². The summed E-state index contributed by atoms with van der Waals surface area (Å²) >= 11 is 0. The zero-order chi connectivity index (χ0) is 18.4. The highest BCUT2D eigenvalue weighted by Crippen LogP contribution is 2.52. The summed E-state index contributed by atoms with van der Waals surface area (Å²) < 4.78 is 19.0. The molecule has 6 atom stereocenters. The van der Waals surface area contributed by atoms with Gasteiger partial charge in [0.1, 0.15) is 11.9 Å². The Hall–Kier alpha value is -2.23. The van der Waals surface area contributed by atoms with Crippen LogP contribution in [0.3, 0.4) is 0 Å². The number of nitrogens with zero attached hydrogens (tertiary/aromatic N) is 1. The maximum absolute atomic E-state index is 13.5. The first-order valence-electron chi connectivity index (χ1n) is 9.38. The Morgan fingerprint density at radius 3 is 2.62 bits per heavy atom. The molecule has 2 aromatic rings. The van der Waals surface area contributed by atoms with E-state index in [0.29, 0.717) is 11.8 Å². The van der Waals surface area contributed by atoms with Gasteiger partial charge in [-0.1, -0.05) is 32.0 Å². The molecule has 1 aromatic carbocycles. The van der Waals surface area contributed by atoms with E-state index >= 15 is 0 Å². The normalized spacial score (nSPS) is 33.6. The Bertz CT molecular complexity index is 819. The summed E-state index contributed by atoms with van der Waals surface area (Å²) in [7, 11) is 0. The van der Waals surface area contributed by atoms with Crippen LogP contribution in [-0.2, 0) is 9.53 Å². The van der Waals surface area contributed by atoms with Crippen LogP contribution >= 0.6 is 0 Å². The number of halogens is 1. The molecule has 1 saturated heterocycles. The Kier molecular flexibility index (Phi) is 4.29. The maximum Gasteiger partial charge on any atom is 0.309 e. The van der Waals surface area contributed by atoms with Gasteiger partial charge in [0.05, 0.1) is 5.92 Å². The highest BCUT2D eigenvalue weighted by atomic mass is 19.1. The van der Waals surface area contributed by atoms with Crippen LogP contribution in [0.15, 0.2) is 42.6 Å². The molecule has 0 N–H and O–H groups in total. The van der Waals surface area contributed by atoms with Crippen LogP contribution in [0.1, 0.15) is 38.8 Å². The van der Waals surface area contributed by atoms with Gasteiger partial charge in [0.15, 0.2) is 0 Å². The molecule has 136 valence electrons. The van der Waals surface area contributed by atoms with Gasteiger partial charge in [-0.25, -0.2) is 4.39 Å². The van der Waals surface area contributed by atoms with E-state index in [9.17, 15) is 9.18 Å². The van der Waals surface area contributed by atoms with E-state index in [4.69, 9.17) is 9.72 Å². The van der Waals surface area contributed by atoms with Crippen LogP contribution in [0, 0.1) is 29.5 Å². The van der Waals surface area contributed by atoms with Gasteiger partial charge in [0.2, 0.25) is 0 Å². The molecule has 0 bridgehead atoms. The number of aromatic nitrogens is 1. The van der Waals surface area contributed by atoms with Crippen molar-refractivity contribution >= 4 is 5.97 Å². The van der Waals surface area contributed by atoms with E-state index in [1.165, 1.54) is 12.1 Å². The van der Waals surface area contributed by atoms with E-state index < -0.39 is 0 Å². The molecule has 1 saturated carbocycles. The molecule has 2 fully saturated rings. The largest absolute Gasteiger partial charge is 0.462 e. The lowest BCUT2D eigenvalue weighted by atomic mass is 9.61. The van der Waals surface area contributed by atoms with Gasteiger partial charge in [-0.15, -0.1) is 0 Å². The highest BCUT2D eigenvalue weighted by Gasteiger charge is 2.53. The predicted molar refractivity (Wildman–Crippen MR) is 97.9 cm³/mol. The van der Waals surface area contributed by atoms with Gasteiger partial charge in [-0.3, -0.25) is 9.78 Å². The summed E-state index contributed by atoms with van der Waals surface area (Å²) in [6, 6.07) is 10.6. The molecule has 1 aliphatic heterocycles. The van der Waals surface area contributed by atoms with Gasteiger partial charge < -0.3 is 4.74 Å². The fraction of sp³-hybridized carbons (Fsp3) is 0.455. The molecule has 4 heteroatoms. The summed E-state index contributed by atoms with van der Waals surface area (Å²) in [6.07, 6.45) is 2.64. The van der Waals surface area contributed by atoms with Crippen molar-refractivity contribution < 1.29 is 13.9 Å². The van der Waals surface area contributed by atoms with Gasteiger partial charge in [-0.05, 0) is 48.9 Å². The molecule has 0 amide bonds. The van der Waals surface area contributed by atoms with Crippen molar-refractivity contribution in [3.05, 3.63) is 54.1 Å². The summed E-state index contributed by atoms with van der Waals surface area (Å²) in [5, 5.41) is 0. The molecule has 2 aliphatic rings. The Balaban J connectivity index is 1.68. The van der Waals surface area contributed by atoms with Gasteiger partial charge in [-0.2, -0.15) is 0 Å². The van der Waals surface area contributed by atoms with E-state index in [1.807, 2.05) is 31.3 Å². The van der Waals surface area contributed by atoms with E-state index in [1.54, 1.807) is 6.07 Å². The molecular formula is C22H24FNO2. The second-order valence-electron chi connectivity index (χ2n) is 7.91. The predicted octanol–water partition coefficient (Wildman–Crippen LogP) is 4.82. The first kappa shape index (κ1) is 17.2. The smallest absolute Gasteiger partial charge is 0.309 e. The minimum absolute atomic E-state index is 0.0223. The molecule has 26 heavy (non-hydrogen) atoms. The fourth-order valence-electron chi connectivity index (χ4n) is 4.86. The molecular weight excluding hydrogens is 329 g/mol. The number of esters is 1. The lowest BCUT2D eigenvalue weighted by Gasteiger charge is -2.41. The first-order chi connectivity index (χ1) is 12.5. The second-order valence-corrected chi connectivity index (χ2v) is 7.91. The molecule has 0 unspecified atom stereocenters. The summed E-state index contributed by atoms with van der Waals surface area (Å²) in [5.74, 6) is 0.936. The number of benzene rings is 1. The molecule has 0 spiro atoms. The van der Waals surface area contributed by atoms with Gasteiger partial charge in [0, 0.05) is 29.3 Å². The average Bonchev–Trinajstić information content (AvgIpc) is 2.90. The number of pyridine rings is 1. The summed E-state index contributed by atoms with van der Waals surface area (Å²) in [6.45, 7) is 6.47. The topological polar surface area (TPSA) is 39.2 Å². The van der Waals surface area contributed by atoms with Crippen LogP contribution in [0.2, 0.25) is 0 Å². The van der Waals surface area contributed by atoms with Crippen molar-refractivity contribution in [2.45, 2.75) is 39.2 Å². The highest BCUT2D eigenvalue weighted by molar-refractivity contribution is 5.75. The maximum atomic E-state index is 13.5. The molecule has 1 aromatic heterocycles. The van der Waals surface area contributed by atoms with Gasteiger partial charge >= 0.3 is 5.97 Å². The molecule has 2 heterocycles. The number of rotatable bonds is 2. The zero-order valence-corrected chi connectivity index (χ0v) is 15.4. The third-order valence-electron chi connectivity index (χ3n) is 6.40. The van der Waals surface area contributed by atoms with Crippen molar-refractivity contribution in [3.63, 3.8) is 0 Å². The van der Waals surface area contributed by atoms with Crippen LogP contribution in [0.4, 0.5) is 4.39 Å². The number of cyclic esters (lactones) is 1. The Morgan fingerprint density at radius 2 is 1.92 bits per heavy atom. The molecule has 0 radical (unpaired) electrons. The fourth-order valence-corrected chi connectivity index (χ4v) is 4.86. The monoisotopic (exact) mass is 353 g/mol. The third-order valence-corrected chi connectivity index (χ3v) is 6.40. The summed E-state index contributed by atoms with van der Waals surface area (Å²) in [4.78, 5) is 17.0. The van der Waals surface area contributed by atoms with E-state index in [2.05, 4.69) is 13.8 Å². The quantitative estimate of drug-likeness (QED) is 0.726. The number of hydrogen-bond acceptors (Lipinski definition) is 3. The first-order valence-corrected chi connectivity index (χ1v) is 9.38. The Labute approximate surface area is 153 Å². The molecule has 4 rings (SSSR count). The molecule has 3 nitrogen and oxygen atoms in total. The van der Waals surface area contributed by atoms with Crippen molar-refractivity contribution in [3.8, 4) is 11.1 Å². The lowest BCUT2D eigenvalue weighted by molar-refractivity contribution is -0.144. The number of hydrogen-bond donors (Lipinski definition) is 0. The van der Waals surface area contributed by atoms with Crippen LogP contribution in [0.5, 0.6) is 0 Å². The number of carbonyl (C=O) groups excluding carboxylic acids is 1. The SMILES string of the molecule is C[C@H]1[C@H](c2ccc(-c3cccc(F)c3)cn2)[C@@H]2[C@@H](C)OC(=O)[C@@H]2C[C@@H]1C. The van der Waals surface area contributed by atoms with Crippen molar-refractivity contribution in [1.29, 1.82) is 0 Å². The van der Waals surface area contributed by atoms with Gasteiger partial charge in [0.25, 0.3) is 0 Å². The standard InChI is InChI=1S/C22H24FNO2/c1-12-9-18-21(14(3)26-22(18)25)20(13(12)2)19-8-7-16(11-24-19)15-5-4-6-17(23)10-15/h4-8,10-14,18,20-21H,9H2,1-3H3/t12-,13+,14+,18+,20+,21+/m0/s1. The number of carbonyl (C=O) groups is 1. The van der Waals surface area contributed by atoms with Crippen molar-refractivity contribution in [1.82, 2.24) is 4.98 Å². The van der Waals surface area contributed by atoms with E-state index in [-0.39, 0.29) is 35.6 Å². The van der Waals surface area contributed by atoms with E-state index in [0.717, 1.165) is 23.2 Å².